The Labute approximate surface area is 181 Å². The first-order valence-electron chi connectivity index (χ1n) is 10.5. The summed E-state index contributed by atoms with van der Waals surface area (Å²) in [5.74, 6) is -0.0979. The molecule has 1 N–H and O–H groups in total. The molecule has 1 aliphatic rings. The molecular formula is C26H24N4O. The summed E-state index contributed by atoms with van der Waals surface area (Å²) >= 11 is 0. The van der Waals surface area contributed by atoms with Crippen molar-refractivity contribution in [2.45, 2.75) is 18.8 Å². The Balaban J connectivity index is 1.23. The van der Waals surface area contributed by atoms with Crippen LogP contribution < -0.4 is 5.43 Å². The largest absolute Gasteiger partial charge is 0.273 e. The fourth-order valence-corrected chi connectivity index (χ4v) is 4.23. The number of nitrogens with zero attached hydrogens (tertiary/aromatic N) is 3. The van der Waals surface area contributed by atoms with Crippen LogP contribution in [-0.2, 0) is 17.3 Å². The fraction of sp³-hybridized carbons (Fsp3) is 0.192. The minimum atomic E-state index is -0.136. The average Bonchev–Trinajstić information content (AvgIpc) is 3.38. The van der Waals surface area contributed by atoms with E-state index < -0.39 is 0 Å². The minimum absolute atomic E-state index is 0.0347. The highest BCUT2D eigenvalue weighted by Gasteiger charge is 2.55. The Morgan fingerprint density at radius 3 is 2.61 bits per heavy atom. The van der Waals surface area contributed by atoms with Crippen molar-refractivity contribution >= 4 is 23.0 Å². The van der Waals surface area contributed by atoms with Gasteiger partial charge in [-0.25, -0.2) is 5.43 Å². The molecule has 0 spiro atoms. The third-order valence-corrected chi connectivity index (χ3v) is 6.37. The van der Waals surface area contributed by atoms with Crippen LogP contribution in [0.2, 0.25) is 0 Å². The SMILES string of the molecule is Cn1ncc2ccc(/C=N/NC(=O)C3CC3(C)c3ccc(-c4ccccc4)cc3)cc21. The van der Waals surface area contributed by atoms with E-state index in [0.29, 0.717) is 0 Å². The van der Waals surface area contributed by atoms with Gasteiger partial charge in [0.1, 0.15) is 0 Å². The van der Waals surface area contributed by atoms with Gasteiger partial charge in [0.25, 0.3) is 0 Å². The molecule has 4 aromatic rings. The summed E-state index contributed by atoms with van der Waals surface area (Å²) in [5, 5.41) is 9.51. The Hall–Kier alpha value is -3.73. The third-order valence-electron chi connectivity index (χ3n) is 6.37. The average molecular weight is 409 g/mol. The van der Waals surface area contributed by atoms with Crippen molar-refractivity contribution in [2.75, 3.05) is 0 Å². The Morgan fingerprint density at radius 2 is 1.84 bits per heavy atom. The van der Waals surface area contributed by atoms with E-state index in [1.54, 1.807) is 6.21 Å². The highest BCUT2D eigenvalue weighted by Crippen LogP contribution is 2.54. The van der Waals surface area contributed by atoms with Gasteiger partial charge in [-0.3, -0.25) is 9.48 Å². The summed E-state index contributed by atoms with van der Waals surface area (Å²) in [5.41, 5.74) is 8.11. The minimum Gasteiger partial charge on any atom is -0.273 e. The number of aryl methyl sites for hydroxylation is 1. The molecule has 154 valence electrons. The van der Waals surface area contributed by atoms with Gasteiger partial charge in [0, 0.05) is 17.8 Å². The molecule has 0 aliphatic heterocycles. The van der Waals surface area contributed by atoms with Gasteiger partial charge in [-0.2, -0.15) is 10.2 Å². The normalized spacial score (nSPS) is 20.3. The first kappa shape index (κ1) is 19.2. The zero-order valence-electron chi connectivity index (χ0n) is 17.6. The number of amides is 1. The topological polar surface area (TPSA) is 59.3 Å². The standard InChI is InChI=1S/C26H24N4O/c1-26(22-12-10-20(11-13-22)19-6-4-3-5-7-19)15-23(26)25(31)29-27-16-18-8-9-21-17-28-30(2)24(21)14-18/h3-14,16-17,23H,15H2,1-2H3,(H,29,31)/b27-16+. The molecule has 1 aliphatic carbocycles. The highest BCUT2D eigenvalue weighted by atomic mass is 16.2. The molecule has 1 saturated carbocycles. The van der Waals surface area contributed by atoms with Crippen molar-refractivity contribution in [3.8, 4) is 11.1 Å². The Morgan fingerprint density at radius 1 is 1.10 bits per heavy atom. The number of carbonyl (C=O) groups excluding carboxylic acids is 1. The molecule has 5 heteroatoms. The van der Waals surface area contributed by atoms with Crippen LogP contribution in [0.3, 0.4) is 0 Å². The summed E-state index contributed by atoms with van der Waals surface area (Å²) in [6, 6.07) is 24.8. The third kappa shape index (κ3) is 3.63. The van der Waals surface area contributed by atoms with Gasteiger partial charge < -0.3 is 0 Å². The lowest BCUT2D eigenvalue weighted by Gasteiger charge is -2.12. The number of nitrogens with one attached hydrogen (secondary N) is 1. The summed E-state index contributed by atoms with van der Waals surface area (Å²) in [6.45, 7) is 2.15. The summed E-state index contributed by atoms with van der Waals surface area (Å²) in [6.07, 6.45) is 4.34. The molecule has 1 amide bonds. The number of hydrogen-bond acceptors (Lipinski definition) is 3. The number of carbonyl (C=O) groups is 1. The number of fused-ring (bicyclic) bond motifs is 1. The van der Waals surface area contributed by atoms with E-state index in [1.807, 2.05) is 54.3 Å². The van der Waals surface area contributed by atoms with Crippen LogP contribution in [0.4, 0.5) is 0 Å². The lowest BCUT2D eigenvalue weighted by Crippen LogP contribution is -2.23. The van der Waals surface area contributed by atoms with Crippen LogP contribution in [-0.4, -0.2) is 21.9 Å². The van der Waals surface area contributed by atoms with Crippen LogP contribution in [0, 0.1) is 5.92 Å². The molecule has 1 fully saturated rings. The predicted molar refractivity (Wildman–Crippen MR) is 124 cm³/mol. The van der Waals surface area contributed by atoms with E-state index in [1.165, 1.54) is 16.7 Å². The molecule has 0 bridgehead atoms. The molecule has 0 radical (unpaired) electrons. The Kier molecular flexibility index (Phi) is 4.66. The molecular weight excluding hydrogens is 384 g/mol. The van der Waals surface area contributed by atoms with Gasteiger partial charge in [-0.15, -0.1) is 0 Å². The fourth-order valence-electron chi connectivity index (χ4n) is 4.23. The second-order valence-corrected chi connectivity index (χ2v) is 8.44. The number of hydrazone groups is 1. The smallest absolute Gasteiger partial charge is 0.244 e. The molecule has 2 unspecified atom stereocenters. The zero-order chi connectivity index (χ0) is 21.4. The van der Waals surface area contributed by atoms with Crippen LogP contribution in [0.25, 0.3) is 22.0 Å². The van der Waals surface area contributed by atoms with E-state index >= 15 is 0 Å². The summed E-state index contributed by atoms with van der Waals surface area (Å²) in [4.78, 5) is 12.7. The van der Waals surface area contributed by atoms with Crippen molar-refractivity contribution in [2.24, 2.45) is 18.1 Å². The van der Waals surface area contributed by atoms with Crippen LogP contribution >= 0.6 is 0 Å². The maximum atomic E-state index is 12.7. The van der Waals surface area contributed by atoms with E-state index in [9.17, 15) is 4.79 Å². The second kappa shape index (κ2) is 7.51. The van der Waals surface area contributed by atoms with Crippen LogP contribution in [0.15, 0.2) is 84.1 Å². The van der Waals surface area contributed by atoms with Crippen molar-refractivity contribution in [1.29, 1.82) is 0 Å². The monoisotopic (exact) mass is 408 g/mol. The van der Waals surface area contributed by atoms with Gasteiger partial charge >= 0.3 is 0 Å². The summed E-state index contributed by atoms with van der Waals surface area (Å²) < 4.78 is 1.82. The molecule has 1 aromatic heterocycles. The van der Waals surface area contributed by atoms with Gasteiger partial charge in [-0.05, 0) is 34.7 Å². The van der Waals surface area contributed by atoms with Gasteiger partial charge in [0.2, 0.25) is 5.91 Å². The summed E-state index contributed by atoms with van der Waals surface area (Å²) in [7, 11) is 1.91. The number of benzene rings is 3. The highest BCUT2D eigenvalue weighted by molar-refractivity contribution is 5.90. The lowest BCUT2D eigenvalue weighted by molar-refractivity contribution is -0.122. The van der Waals surface area contributed by atoms with Gasteiger partial charge in [0.15, 0.2) is 0 Å². The van der Waals surface area contributed by atoms with Crippen LogP contribution in [0.5, 0.6) is 0 Å². The van der Waals surface area contributed by atoms with Gasteiger partial charge in [-0.1, -0.05) is 73.7 Å². The lowest BCUT2D eigenvalue weighted by atomic mass is 9.93. The molecule has 1 heterocycles. The molecule has 31 heavy (non-hydrogen) atoms. The molecule has 5 rings (SSSR count). The molecule has 0 saturated heterocycles. The van der Waals surface area contributed by atoms with Crippen molar-refractivity contribution in [3.63, 3.8) is 0 Å². The maximum Gasteiger partial charge on any atom is 0.244 e. The Bertz CT molecular complexity index is 1270. The van der Waals surface area contributed by atoms with E-state index in [-0.39, 0.29) is 17.2 Å². The molecule has 5 nitrogen and oxygen atoms in total. The number of rotatable bonds is 5. The quantitative estimate of drug-likeness (QED) is 0.385. The molecule has 3 aromatic carbocycles. The first-order valence-corrected chi connectivity index (χ1v) is 10.5. The van der Waals surface area contributed by atoms with E-state index in [4.69, 9.17) is 0 Å². The van der Waals surface area contributed by atoms with Crippen molar-refractivity contribution in [3.05, 3.63) is 90.1 Å². The second-order valence-electron chi connectivity index (χ2n) is 8.44. The van der Waals surface area contributed by atoms with Crippen molar-refractivity contribution in [1.82, 2.24) is 15.2 Å². The van der Waals surface area contributed by atoms with Gasteiger partial charge in [0.05, 0.1) is 23.8 Å². The van der Waals surface area contributed by atoms with E-state index in [0.717, 1.165) is 22.9 Å². The predicted octanol–water partition coefficient (Wildman–Crippen LogP) is 4.67. The zero-order valence-corrected chi connectivity index (χ0v) is 17.6. The molecule has 2 atom stereocenters. The van der Waals surface area contributed by atoms with Crippen molar-refractivity contribution < 1.29 is 4.79 Å². The number of hydrogen-bond donors (Lipinski definition) is 1. The first-order chi connectivity index (χ1) is 15.0. The van der Waals surface area contributed by atoms with E-state index in [2.05, 4.69) is 58.9 Å². The maximum absolute atomic E-state index is 12.7. The number of aromatic nitrogens is 2. The van der Waals surface area contributed by atoms with Crippen LogP contribution in [0.1, 0.15) is 24.5 Å².